The Morgan fingerprint density at radius 3 is 2.39 bits per heavy atom. The van der Waals surface area contributed by atoms with Crippen molar-refractivity contribution in [2.45, 2.75) is 51.9 Å². The van der Waals surface area contributed by atoms with E-state index >= 15 is 0 Å². The van der Waals surface area contributed by atoms with Crippen molar-refractivity contribution in [2.75, 3.05) is 19.6 Å². The molecule has 2 unspecified atom stereocenters. The van der Waals surface area contributed by atoms with Gasteiger partial charge in [0.05, 0.1) is 6.42 Å². The van der Waals surface area contributed by atoms with E-state index in [0.29, 0.717) is 19.5 Å². The van der Waals surface area contributed by atoms with Crippen molar-refractivity contribution in [1.29, 1.82) is 0 Å². The predicted octanol–water partition coefficient (Wildman–Crippen LogP) is 1.48. The molecule has 0 heterocycles. The molecule has 0 saturated heterocycles. The van der Waals surface area contributed by atoms with E-state index in [1.165, 1.54) is 19.3 Å². The maximum atomic E-state index is 11.6. The lowest BCUT2D eigenvalue weighted by atomic mass is 10.0. The second-order valence-corrected chi connectivity index (χ2v) is 6.35. The highest BCUT2D eigenvalue weighted by Gasteiger charge is 2.20. The first kappa shape index (κ1) is 19.3. The predicted molar refractivity (Wildman–Crippen MR) is 87.0 cm³/mol. The number of hydrogen-bond acceptors (Lipinski definition) is 3. The van der Waals surface area contributed by atoms with Crippen LogP contribution >= 0.6 is 0 Å². The average Bonchev–Trinajstić information content (AvgIpc) is 2.89. The molecule has 1 aliphatic carbocycles. The summed E-state index contributed by atoms with van der Waals surface area (Å²) < 4.78 is 0. The first-order chi connectivity index (χ1) is 11.0. The topological polar surface area (TPSA) is 108 Å². The monoisotopic (exact) mass is 327 g/mol. The number of carboxylic acids is 1. The number of carbonyl (C=O) groups is 3. The molecule has 132 valence electrons. The Balaban J connectivity index is 1.93. The van der Waals surface area contributed by atoms with Gasteiger partial charge in [-0.1, -0.05) is 19.8 Å². The molecule has 1 saturated carbocycles. The van der Waals surface area contributed by atoms with Crippen LogP contribution in [0.25, 0.3) is 0 Å². The van der Waals surface area contributed by atoms with Gasteiger partial charge in [0.25, 0.3) is 0 Å². The van der Waals surface area contributed by atoms with Gasteiger partial charge >= 0.3 is 12.0 Å². The quantitative estimate of drug-likeness (QED) is 0.456. The maximum absolute atomic E-state index is 11.6. The third-order valence-electron chi connectivity index (χ3n) is 4.17. The number of amides is 3. The van der Waals surface area contributed by atoms with Gasteiger partial charge in [-0.3, -0.25) is 9.59 Å². The first-order valence-corrected chi connectivity index (χ1v) is 8.47. The highest BCUT2D eigenvalue weighted by atomic mass is 16.4. The van der Waals surface area contributed by atoms with E-state index in [0.717, 1.165) is 18.3 Å². The number of carbonyl (C=O) groups excluding carboxylic acids is 2. The normalized spacial score (nSPS) is 20.0. The second kappa shape index (κ2) is 10.9. The maximum Gasteiger partial charge on any atom is 0.314 e. The molecule has 2 atom stereocenters. The second-order valence-electron chi connectivity index (χ2n) is 6.35. The zero-order chi connectivity index (χ0) is 17.1. The summed E-state index contributed by atoms with van der Waals surface area (Å²) in [6.07, 6.45) is 5.59. The van der Waals surface area contributed by atoms with Gasteiger partial charge in [0.15, 0.2) is 0 Å². The first-order valence-electron chi connectivity index (χ1n) is 8.47. The van der Waals surface area contributed by atoms with Gasteiger partial charge in [-0.2, -0.15) is 0 Å². The van der Waals surface area contributed by atoms with E-state index in [1.807, 2.05) is 0 Å². The fourth-order valence-electron chi connectivity index (χ4n) is 2.89. The Labute approximate surface area is 137 Å². The Bertz CT molecular complexity index is 401. The fourth-order valence-corrected chi connectivity index (χ4v) is 2.89. The van der Waals surface area contributed by atoms with Gasteiger partial charge in [-0.15, -0.1) is 0 Å². The summed E-state index contributed by atoms with van der Waals surface area (Å²) in [5.74, 6) is 0.426. The summed E-state index contributed by atoms with van der Waals surface area (Å²) in [6, 6.07) is -0.192. The number of urea groups is 1. The third-order valence-corrected chi connectivity index (χ3v) is 4.17. The van der Waals surface area contributed by atoms with E-state index < -0.39 is 5.97 Å². The van der Waals surface area contributed by atoms with Crippen molar-refractivity contribution in [3.05, 3.63) is 0 Å². The standard InChI is InChI=1S/C16H29N3O4/c1-12-4-5-13(11-12)6-9-19-16(23)18-8-2-3-14(20)17-10-7-15(21)22/h12-13H,2-11H2,1H3,(H,17,20)(H,21,22)(H2,18,19,23). The molecule has 23 heavy (non-hydrogen) atoms. The smallest absolute Gasteiger partial charge is 0.314 e. The molecule has 7 heteroatoms. The van der Waals surface area contributed by atoms with Crippen LogP contribution in [0.5, 0.6) is 0 Å². The Kier molecular flexibility index (Phi) is 9.09. The molecule has 1 fully saturated rings. The van der Waals surface area contributed by atoms with Crippen LogP contribution < -0.4 is 16.0 Å². The van der Waals surface area contributed by atoms with Crippen LogP contribution in [0.2, 0.25) is 0 Å². The minimum atomic E-state index is -0.935. The highest BCUT2D eigenvalue weighted by molar-refractivity contribution is 5.77. The number of rotatable bonds is 10. The number of nitrogens with one attached hydrogen (secondary N) is 3. The lowest BCUT2D eigenvalue weighted by molar-refractivity contribution is -0.136. The van der Waals surface area contributed by atoms with Gasteiger partial charge in [-0.25, -0.2) is 4.79 Å². The molecule has 4 N–H and O–H groups in total. The van der Waals surface area contributed by atoms with Gasteiger partial charge < -0.3 is 21.1 Å². The van der Waals surface area contributed by atoms with Crippen molar-refractivity contribution < 1.29 is 19.5 Å². The van der Waals surface area contributed by atoms with Gasteiger partial charge in [-0.05, 0) is 31.1 Å². The molecule has 0 bridgehead atoms. The fraction of sp³-hybridized carbons (Fsp3) is 0.812. The third kappa shape index (κ3) is 9.76. The van der Waals surface area contributed by atoms with Crippen molar-refractivity contribution in [2.24, 2.45) is 11.8 Å². The molecule has 7 nitrogen and oxygen atoms in total. The van der Waals surface area contributed by atoms with E-state index in [4.69, 9.17) is 5.11 Å². The van der Waals surface area contributed by atoms with Crippen LogP contribution in [0.1, 0.15) is 51.9 Å². The molecule has 0 aromatic carbocycles. The lowest BCUT2D eigenvalue weighted by Gasteiger charge is -2.11. The molecule has 0 aromatic rings. The summed E-state index contributed by atoms with van der Waals surface area (Å²) in [6.45, 7) is 3.54. The van der Waals surface area contributed by atoms with Crippen LogP contribution in [-0.2, 0) is 9.59 Å². The summed E-state index contributed by atoms with van der Waals surface area (Å²) in [5.41, 5.74) is 0. The van der Waals surface area contributed by atoms with Gasteiger partial charge in [0.1, 0.15) is 0 Å². The Morgan fingerprint density at radius 2 is 1.74 bits per heavy atom. The largest absolute Gasteiger partial charge is 0.481 e. The molecular weight excluding hydrogens is 298 g/mol. The van der Waals surface area contributed by atoms with E-state index in [2.05, 4.69) is 22.9 Å². The summed E-state index contributed by atoms with van der Waals surface area (Å²) in [5, 5.41) is 16.5. The van der Waals surface area contributed by atoms with Crippen LogP contribution in [0.15, 0.2) is 0 Å². The van der Waals surface area contributed by atoms with E-state index in [-0.39, 0.29) is 31.3 Å². The van der Waals surface area contributed by atoms with Gasteiger partial charge in [0.2, 0.25) is 5.91 Å². The average molecular weight is 327 g/mol. The summed E-state index contributed by atoms with van der Waals surface area (Å²) in [4.78, 5) is 33.3. The SMILES string of the molecule is CC1CCC(CCNC(=O)NCCCC(=O)NCCC(=O)O)C1. The van der Waals surface area contributed by atoms with Crippen LogP contribution in [0.4, 0.5) is 4.79 Å². The number of aliphatic carboxylic acids is 1. The zero-order valence-corrected chi connectivity index (χ0v) is 13.9. The molecule has 0 spiro atoms. The molecule has 0 aromatic heterocycles. The van der Waals surface area contributed by atoms with Crippen molar-refractivity contribution in [1.82, 2.24) is 16.0 Å². The van der Waals surface area contributed by atoms with Crippen LogP contribution in [0.3, 0.4) is 0 Å². The van der Waals surface area contributed by atoms with Crippen LogP contribution in [0, 0.1) is 11.8 Å². The van der Waals surface area contributed by atoms with E-state index in [9.17, 15) is 14.4 Å². The van der Waals surface area contributed by atoms with Gasteiger partial charge in [0, 0.05) is 26.1 Å². The number of carboxylic acid groups (broad SMARTS) is 1. The molecule has 1 aliphatic rings. The molecule has 3 amide bonds. The van der Waals surface area contributed by atoms with Crippen molar-refractivity contribution >= 4 is 17.9 Å². The molecule has 0 radical (unpaired) electrons. The summed E-state index contributed by atoms with van der Waals surface area (Å²) in [7, 11) is 0. The summed E-state index contributed by atoms with van der Waals surface area (Å²) >= 11 is 0. The Morgan fingerprint density at radius 1 is 1.00 bits per heavy atom. The molecule has 1 rings (SSSR count). The molecule has 0 aliphatic heterocycles. The van der Waals surface area contributed by atoms with Crippen LogP contribution in [-0.4, -0.2) is 42.6 Å². The zero-order valence-electron chi connectivity index (χ0n) is 13.9. The van der Waals surface area contributed by atoms with Crippen molar-refractivity contribution in [3.8, 4) is 0 Å². The number of hydrogen-bond donors (Lipinski definition) is 4. The van der Waals surface area contributed by atoms with Crippen molar-refractivity contribution in [3.63, 3.8) is 0 Å². The highest BCUT2D eigenvalue weighted by Crippen LogP contribution is 2.31. The molecular formula is C16H29N3O4. The lowest BCUT2D eigenvalue weighted by Crippen LogP contribution is -2.37. The van der Waals surface area contributed by atoms with E-state index in [1.54, 1.807) is 0 Å². The minimum absolute atomic E-state index is 0.0772. The Hall–Kier alpha value is -1.79. The minimum Gasteiger partial charge on any atom is -0.481 e.